The number of ether oxygens (including phenoxy) is 1. The van der Waals surface area contributed by atoms with Crippen molar-refractivity contribution in [2.24, 2.45) is 0 Å². The first-order chi connectivity index (χ1) is 10.1. The third-order valence-electron chi connectivity index (χ3n) is 3.10. The van der Waals surface area contributed by atoms with Crippen molar-refractivity contribution in [1.82, 2.24) is 10.2 Å². The Labute approximate surface area is 142 Å². The number of rotatable bonds is 3. The molecule has 0 spiro atoms. The summed E-state index contributed by atoms with van der Waals surface area (Å²) < 4.78 is 7.47. The molecule has 0 fully saturated rings. The van der Waals surface area contributed by atoms with E-state index < -0.39 is 0 Å². The van der Waals surface area contributed by atoms with Gasteiger partial charge in [0.25, 0.3) is 0 Å². The molecule has 0 atom stereocenters. The molecular formula is C14H11Br2N3OS. The van der Waals surface area contributed by atoms with Crippen molar-refractivity contribution in [2.45, 2.75) is 0 Å². The molecule has 3 N–H and O–H groups in total. The Kier molecular flexibility index (Phi) is 4.05. The fraction of sp³-hybridized carbons (Fsp3) is 0.0714. The number of nitrogens with zero attached hydrogens (tertiary/aromatic N) is 1. The third-order valence-corrected chi connectivity index (χ3v) is 5.44. The predicted molar refractivity (Wildman–Crippen MR) is 93.7 cm³/mol. The Morgan fingerprint density at radius 2 is 2.00 bits per heavy atom. The van der Waals surface area contributed by atoms with Crippen molar-refractivity contribution in [3.05, 3.63) is 37.9 Å². The summed E-state index contributed by atoms with van der Waals surface area (Å²) in [5.41, 5.74) is 9.71. The summed E-state index contributed by atoms with van der Waals surface area (Å²) in [7, 11) is 1.64. The van der Waals surface area contributed by atoms with E-state index in [1.165, 1.54) is 0 Å². The van der Waals surface area contributed by atoms with Crippen LogP contribution in [0.4, 0.5) is 5.82 Å². The fourth-order valence-corrected chi connectivity index (χ4v) is 5.01. The van der Waals surface area contributed by atoms with Crippen LogP contribution in [0.5, 0.6) is 5.75 Å². The first-order valence-electron chi connectivity index (χ1n) is 6.04. The van der Waals surface area contributed by atoms with Crippen molar-refractivity contribution in [3.8, 4) is 28.1 Å². The molecule has 21 heavy (non-hydrogen) atoms. The number of benzene rings is 1. The third kappa shape index (κ3) is 2.61. The quantitative estimate of drug-likeness (QED) is 0.622. The number of nitrogens with one attached hydrogen (secondary N) is 1. The molecule has 2 heterocycles. The Hall–Kier alpha value is -1.31. The van der Waals surface area contributed by atoms with E-state index in [4.69, 9.17) is 10.5 Å². The molecule has 2 aromatic heterocycles. The average molecular weight is 429 g/mol. The van der Waals surface area contributed by atoms with Crippen LogP contribution in [0.3, 0.4) is 0 Å². The van der Waals surface area contributed by atoms with Crippen LogP contribution >= 0.6 is 43.2 Å². The summed E-state index contributed by atoms with van der Waals surface area (Å²) in [6, 6.07) is 9.78. The monoisotopic (exact) mass is 427 g/mol. The molecule has 0 aliphatic rings. The lowest BCUT2D eigenvalue weighted by atomic mass is 10.0. The summed E-state index contributed by atoms with van der Waals surface area (Å²) in [6.07, 6.45) is 0. The maximum Gasteiger partial charge on any atom is 0.153 e. The summed E-state index contributed by atoms with van der Waals surface area (Å²) in [5, 5.41) is 7.18. The minimum atomic E-state index is 0.448. The Morgan fingerprint density at radius 3 is 2.67 bits per heavy atom. The van der Waals surface area contributed by atoms with E-state index >= 15 is 0 Å². The summed E-state index contributed by atoms with van der Waals surface area (Å²) in [5.74, 6) is 1.21. The van der Waals surface area contributed by atoms with Crippen LogP contribution < -0.4 is 10.5 Å². The van der Waals surface area contributed by atoms with Crippen molar-refractivity contribution < 1.29 is 4.74 Å². The molecule has 0 amide bonds. The number of methoxy groups -OCH3 is 1. The molecule has 108 valence electrons. The molecule has 1 aromatic carbocycles. The summed E-state index contributed by atoms with van der Waals surface area (Å²) >= 11 is 8.67. The maximum absolute atomic E-state index is 6.07. The van der Waals surface area contributed by atoms with E-state index in [0.717, 1.165) is 35.7 Å². The topological polar surface area (TPSA) is 63.9 Å². The Morgan fingerprint density at radius 1 is 1.24 bits per heavy atom. The molecule has 3 rings (SSSR count). The molecule has 0 unspecified atom stereocenters. The zero-order chi connectivity index (χ0) is 15.0. The lowest BCUT2D eigenvalue weighted by Gasteiger charge is -2.09. The maximum atomic E-state index is 6.07. The number of halogens is 2. The van der Waals surface area contributed by atoms with Crippen LogP contribution in [0, 0.1) is 0 Å². The van der Waals surface area contributed by atoms with E-state index in [1.54, 1.807) is 18.4 Å². The molecule has 0 aliphatic carbocycles. The lowest BCUT2D eigenvalue weighted by molar-refractivity contribution is 0.416. The highest BCUT2D eigenvalue weighted by Crippen LogP contribution is 2.44. The van der Waals surface area contributed by atoms with Crippen molar-refractivity contribution in [2.75, 3.05) is 12.8 Å². The number of nitrogen functional groups attached to an aromatic ring is 1. The molecule has 0 bridgehead atoms. The molecule has 7 heteroatoms. The van der Waals surface area contributed by atoms with E-state index in [9.17, 15) is 0 Å². The molecule has 0 saturated heterocycles. The number of aromatic nitrogens is 2. The van der Waals surface area contributed by atoms with Gasteiger partial charge < -0.3 is 10.5 Å². The van der Waals surface area contributed by atoms with E-state index in [-0.39, 0.29) is 0 Å². The predicted octanol–water partition coefficient (Wildman–Crippen LogP) is 4.92. The number of H-pyrrole nitrogens is 1. The van der Waals surface area contributed by atoms with Gasteiger partial charge in [-0.3, -0.25) is 5.10 Å². The molecule has 4 nitrogen and oxygen atoms in total. The summed E-state index contributed by atoms with van der Waals surface area (Å²) in [6.45, 7) is 0. The number of aromatic amines is 1. The first kappa shape index (κ1) is 14.6. The van der Waals surface area contributed by atoms with Crippen LogP contribution in [0.2, 0.25) is 0 Å². The molecule has 0 radical (unpaired) electrons. The van der Waals surface area contributed by atoms with Crippen LogP contribution in [0.1, 0.15) is 0 Å². The van der Waals surface area contributed by atoms with Gasteiger partial charge in [-0.2, -0.15) is 5.10 Å². The van der Waals surface area contributed by atoms with Gasteiger partial charge in [-0.25, -0.2) is 0 Å². The standard InChI is InChI=1S/C14H11Br2N3OS/c1-20-9-5-3-2-4-7(9)11-12(18-19-14(11)17)8-6-10(15)21-13(8)16/h2-6H,1H3,(H3,17,18,19). The lowest BCUT2D eigenvalue weighted by Crippen LogP contribution is -1.92. The highest BCUT2D eigenvalue weighted by atomic mass is 79.9. The second-order valence-electron chi connectivity index (χ2n) is 4.30. The van der Waals surface area contributed by atoms with E-state index in [0.29, 0.717) is 5.82 Å². The van der Waals surface area contributed by atoms with Gasteiger partial charge >= 0.3 is 0 Å². The van der Waals surface area contributed by atoms with Crippen LogP contribution in [-0.4, -0.2) is 17.3 Å². The molecule has 0 saturated carbocycles. The number of nitrogens with two attached hydrogens (primary N) is 1. The number of hydrogen-bond acceptors (Lipinski definition) is 4. The van der Waals surface area contributed by atoms with E-state index in [1.807, 2.05) is 30.3 Å². The van der Waals surface area contributed by atoms with E-state index in [2.05, 4.69) is 42.1 Å². The SMILES string of the molecule is COc1ccccc1-c1c(N)n[nH]c1-c1cc(Br)sc1Br. The Bertz CT molecular complexity index is 797. The van der Waals surface area contributed by atoms with Gasteiger partial charge in [0.1, 0.15) is 5.75 Å². The van der Waals surface area contributed by atoms with Gasteiger partial charge in [0.05, 0.1) is 25.9 Å². The largest absolute Gasteiger partial charge is 0.496 e. The van der Waals surface area contributed by atoms with Crippen molar-refractivity contribution >= 4 is 49.0 Å². The highest BCUT2D eigenvalue weighted by molar-refractivity contribution is 9.12. The Balaban J connectivity index is 2.25. The second kappa shape index (κ2) is 5.82. The average Bonchev–Trinajstić information content (AvgIpc) is 3.01. The molecule has 0 aliphatic heterocycles. The zero-order valence-corrected chi connectivity index (χ0v) is 15.0. The first-order valence-corrected chi connectivity index (χ1v) is 8.44. The van der Waals surface area contributed by atoms with Gasteiger partial charge in [-0.05, 0) is 44.0 Å². The number of anilines is 1. The highest BCUT2D eigenvalue weighted by Gasteiger charge is 2.20. The molecular weight excluding hydrogens is 418 g/mol. The molecule has 3 aromatic rings. The van der Waals surface area contributed by atoms with Gasteiger partial charge in [-0.15, -0.1) is 11.3 Å². The minimum absolute atomic E-state index is 0.448. The van der Waals surface area contributed by atoms with Crippen LogP contribution in [0.25, 0.3) is 22.4 Å². The minimum Gasteiger partial charge on any atom is -0.496 e. The van der Waals surface area contributed by atoms with Crippen LogP contribution in [-0.2, 0) is 0 Å². The smallest absolute Gasteiger partial charge is 0.153 e. The number of hydrogen-bond donors (Lipinski definition) is 2. The summed E-state index contributed by atoms with van der Waals surface area (Å²) in [4.78, 5) is 0. The fourth-order valence-electron chi connectivity index (χ4n) is 2.19. The van der Waals surface area contributed by atoms with Crippen molar-refractivity contribution in [3.63, 3.8) is 0 Å². The number of para-hydroxylation sites is 1. The van der Waals surface area contributed by atoms with Gasteiger partial charge in [0.2, 0.25) is 0 Å². The van der Waals surface area contributed by atoms with Gasteiger partial charge in [0, 0.05) is 11.1 Å². The second-order valence-corrected chi connectivity index (χ2v) is 8.05. The van der Waals surface area contributed by atoms with Crippen molar-refractivity contribution in [1.29, 1.82) is 0 Å². The van der Waals surface area contributed by atoms with Gasteiger partial charge in [-0.1, -0.05) is 18.2 Å². The number of thiophene rings is 1. The van der Waals surface area contributed by atoms with Gasteiger partial charge in [0.15, 0.2) is 5.82 Å². The zero-order valence-electron chi connectivity index (χ0n) is 11.0. The van der Waals surface area contributed by atoms with Crippen LogP contribution in [0.15, 0.2) is 37.9 Å². The normalized spacial score (nSPS) is 10.8.